The average Bonchev–Trinajstić information content (AvgIpc) is 3.18. The number of benzene rings is 1. The second kappa shape index (κ2) is 8.97. The lowest BCUT2D eigenvalue weighted by molar-refractivity contribution is -0.904. The van der Waals surface area contributed by atoms with Crippen LogP contribution in [0.1, 0.15) is 29.9 Å². The molecule has 2 aromatic heterocycles. The SMILES string of the molecule is CCc1ccc2c(C[NH+](CC)CC(=O)NCc3cccs3)cc(=O)oc2c1. The van der Waals surface area contributed by atoms with E-state index in [9.17, 15) is 9.59 Å². The molecule has 1 amide bonds. The molecule has 0 radical (unpaired) electrons. The first-order chi connectivity index (χ1) is 13.1. The second-order valence-corrected chi connectivity index (χ2v) is 7.62. The molecule has 0 saturated heterocycles. The molecule has 0 aliphatic carbocycles. The van der Waals surface area contributed by atoms with Crippen molar-refractivity contribution in [3.63, 3.8) is 0 Å². The Kier molecular flexibility index (Phi) is 6.42. The fourth-order valence-electron chi connectivity index (χ4n) is 3.11. The Labute approximate surface area is 162 Å². The molecule has 1 aromatic carbocycles. The van der Waals surface area contributed by atoms with Gasteiger partial charge in [-0.1, -0.05) is 25.1 Å². The summed E-state index contributed by atoms with van der Waals surface area (Å²) in [6, 6.07) is 11.5. The van der Waals surface area contributed by atoms with Gasteiger partial charge in [0.15, 0.2) is 6.54 Å². The van der Waals surface area contributed by atoms with E-state index < -0.39 is 0 Å². The maximum atomic E-state index is 12.3. The number of aryl methyl sites for hydroxylation is 1. The predicted molar refractivity (Wildman–Crippen MR) is 108 cm³/mol. The van der Waals surface area contributed by atoms with E-state index in [1.165, 1.54) is 0 Å². The number of amides is 1. The highest BCUT2D eigenvalue weighted by atomic mass is 32.1. The van der Waals surface area contributed by atoms with Gasteiger partial charge in [-0.25, -0.2) is 4.79 Å². The number of quaternary nitrogens is 1. The first-order valence-electron chi connectivity index (χ1n) is 9.27. The Balaban J connectivity index is 1.72. The van der Waals surface area contributed by atoms with Crippen molar-refractivity contribution in [1.82, 2.24) is 5.32 Å². The molecular weight excluding hydrogens is 360 g/mol. The zero-order valence-electron chi connectivity index (χ0n) is 15.7. The standard InChI is InChI=1S/C21H24N2O3S/c1-3-15-7-8-18-16(11-21(25)26-19(18)10-15)13-23(4-2)14-20(24)22-12-17-6-5-9-27-17/h5-11H,3-4,12-14H2,1-2H3,(H,22,24)/p+1. The fourth-order valence-corrected chi connectivity index (χ4v) is 3.76. The lowest BCUT2D eigenvalue weighted by Crippen LogP contribution is -3.11. The van der Waals surface area contributed by atoms with Gasteiger partial charge in [0, 0.05) is 21.9 Å². The molecule has 1 unspecified atom stereocenters. The number of rotatable bonds is 8. The van der Waals surface area contributed by atoms with Gasteiger partial charge in [-0.3, -0.25) is 4.79 Å². The molecule has 6 heteroatoms. The Bertz CT molecular complexity index is 963. The normalized spacial score (nSPS) is 12.2. The van der Waals surface area contributed by atoms with Crippen molar-refractivity contribution in [3.05, 3.63) is 68.2 Å². The quantitative estimate of drug-likeness (QED) is 0.584. The van der Waals surface area contributed by atoms with E-state index in [2.05, 4.69) is 18.3 Å². The van der Waals surface area contributed by atoms with Gasteiger partial charge in [0.25, 0.3) is 5.91 Å². The third-order valence-corrected chi connectivity index (χ3v) is 5.57. The number of likely N-dealkylation sites (N-methyl/N-ethyl adjacent to an activating group) is 1. The number of carbonyl (C=O) groups is 1. The van der Waals surface area contributed by atoms with Crippen molar-refractivity contribution in [2.75, 3.05) is 13.1 Å². The number of nitrogens with one attached hydrogen (secondary N) is 2. The first-order valence-corrected chi connectivity index (χ1v) is 10.1. The zero-order valence-corrected chi connectivity index (χ0v) is 16.5. The van der Waals surface area contributed by atoms with Crippen LogP contribution in [0.3, 0.4) is 0 Å². The van der Waals surface area contributed by atoms with Crippen molar-refractivity contribution in [2.24, 2.45) is 0 Å². The molecule has 0 spiro atoms. The van der Waals surface area contributed by atoms with Crippen molar-refractivity contribution < 1.29 is 14.1 Å². The zero-order chi connectivity index (χ0) is 19.2. The van der Waals surface area contributed by atoms with Crippen LogP contribution in [0.15, 0.2) is 51.0 Å². The first kappa shape index (κ1) is 19.3. The van der Waals surface area contributed by atoms with Crippen LogP contribution in [-0.4, -0.2) is 19.0 Å². The van der Waals surface area contributed by atoms with E-state index in [1.54, 1.807) is 17.4 Å². The number of thiophene rings is 1. The Morgan fingerprint density at radius 2 is 2.07 bits per heavy atom. The number of carbonyl (C=O) groups excluding carboxylic acids is 1. The minimum absolute atomic E-state index is 0.0146. The molecule has 0 fully saturated rings. The van der Waals surface area contributed by atoms with Crippen LogP contribution in [0.25, 0.3) is 11.0 Å². The number of hydrogen-bond donors (Lipinski definition) is 2. The summed E-state index contributed by atoms with van der Waals surface area (Å²) in [6.45, 7) is 6.45. The van der Waals surface area contributed by atoms with E-state index in [0.29, 0.717) is 25.2 Å². The van der Waals surface area contributed by atoms with Crippen molar-refractivity contribution in [2.45, 2.75) is 33.4 Å². The Morgan fingerprint density at radius 1 is 1.22 bits per heavy atom. The van der Waals surface area contributed by atoms with Gasteiger partial charge in [0.2, 0.25) is 0 Å². The molecule has 3 rings (SSSR count). The van der Waals surface area contributed by atoms with E-state index >= 15 is 0 Å². The minimum atomic E-state index is -0.344. The Morgan fingerprint density at radius 3 is 2.78 bits per heavy atom. The topological polar surface area (TPSA) is 63.8 Å². The average molecular weight is 386 g/mol. The molecule has 2 heterocycles. The van der Waals surface area contributed by atoms with Gasteiger partial charge in [0.1, 0.15) is 12.1 Å². The van der Waals surface area contributed by atoms with Crippen LogP contribution in [0, 0.1) is 0 Å². The maximum Gasteiger partial charge on any atom is 0.336 e. The van der Waals surface area contributed by atoms with Crippen LogP contribution in [0.4, 0.5) is 0 Å². The molecule has 142 valence electrons. The lowest BCUT2D eigenvalue weighted by atomic mass is 10.1. The maximum absolute atomic E-state index is 12.3. The summed E-state index contributed by atoms with van der Waals surface area (Å²) in [5, 5.41) is 5.91. The summed E-state index contributed by atoms with van der Waals surface area (Å²) in [5.74, 6) is 0.0146. The van der Waals surface area contributed by atoms with Gasteiger partial charge in [-0.05, 0) is 36.4 Å². The monoisotopic (exact) mass is 385 g/mol. The van der Waals surface area contributed by atoms with Gasteiger partial charge in [0.05, 0.1) is 13.1 Å². The fraction of sp³-hybridized carbons (Fsp3) is 0.333. The molecule has 2 N–H and O–H groups in total. The largest absolute Gasteiger partial charge is 0.423 e. The third kappa shape index (κ3) is 5.05. The molecule has 5 nitrogen and oxygen atoms in total. The summed E-state index contributed by atoms with van der Waals surface area (Å²) >= 11 is 1.63. The predicted octanol–water partition coefficient (Wildman–Crippen LogP) is 2.14. The third-order valence-electron chi connectivity index (χ3n) is 4.69. The van der Waals surface area contributed by atoms with E-state index in [-0.39, 0.29) is 11.5 Å². The van der Waals surface area contributed by atoms with Crippen molar-refractivity contribution in [3.8, 4) is 0 Å². The van der Waals surface area contributed by atoms with Gasteiger partial charge in [-0.2, -0.15) is 0 Å². The highest BCUT2D eigenvalue weighted by Gasteiger charge is 2.16. The number of fused-ring (bicyclic) bond motifs is 1. The molecule has 0 bridgehead atoms. The number of hydrogen-bond acceptors (Lipinski definition) is 4. The lowest BCUT2D eigenvalue weighted by Gasteiger charge is -2.18. The second-order valence-electron chi connectivity index (χ2n) is 6.59. The Hall–Kier alpha value is -2.44. The minimum Gasteiger partial charge on any atom is -0.423 e. The molecule has 0 aliphatic rings. The summed E-state index contributed by atoms with van der Waals surface area (Å²) in [4.78, 5) is 26.5. The van der Waals surface area contributed by atoms with Crippen LogP contribution in [-0.2, 0) is 24.3 Å². The highest BCUT2D eigenvalue weighted by Crippen LogP contribution is 2.18. The smallest absolute Gasteiger partial charge is 0.336 e. The highest BCUT2D eigenvalue weighted by molar-refractivity contribution is 7.09. The van der Waals surface area contributed by atoms with Crippen LogP contribution in [0.5, 0.6) is 0 Å². The van der Waals surface area contributed by atoms with Crippen LogP contribution < -0.4 is 15.8 Å². The van der Waals surface area contributed by atoms with Crippen LogP contribution >= 0.6 is 11.3 Å². The summed E-state index contributed by atoms with van der Waals surface area (Å²) in [6.07, 6.45) is 0.890. The van der Waals surface area contributed by atoms with E-state index in [0.717, 1.165) is 39.3 Å². The van der Waals surface area contributed by atoms with Crippen molar-refractivity contribution >= 4 is 28.2 Å². The summed E-state index contributed by atoms with van der Waals surface area (Å²) in [5.41, 5.74) is 2.33. The summed E-state index contributed by atoms with van der Waals surface area (Å²) < 4.78 is 5.38. The van der Waals surface area contributed by atoms with Crippen molar-refractivity contribution in [1.29, 1.82) is 0 Å². The molecule has 1 atom stereocenters. The summed E-state index contributed by atoms with van der Waals surface area (Å²) in [7, 11) is 0. The van der Waals surface area contributed by atoms with Gasteiger partial charge in [-0.15, -0.1) is 11.3 Å². The molecule has 0 saturated carbocycles. The van der Waals surface area contributed by atoms with Crippen LogP contribution in [0.2, 0.25) is 0 Å². The van der Waals surface area contributed by atoms with Gasteiger partial charge >= 0.3 is 5.63 Å². The molecule has 27 heavy (non-hydrogen) atoms. The molecule has 3 aromatic rings. The van der Waals surface area contributed by atoms with Gasteiger partial charge < -0.3 is 14.6 Å². The van der Waals surface area contributed by atoms with E-state index in [1.807, 2.05) is 36.6 Å². The van der Waals surface area contributed by atoms with E-state index in [4.69, 9.17) is 4.42 Å². The molecule has 0 aliphatic heterocycles. The molecular formula is C21H25N2O3S+.